The lowest BCUT2D eigenvalue weighted by Crippen LogP contribution is -2.15. The van der Waals surface area contributed by atoms with Crippen molar-refractivity contribution in [2.45, 2.75) is 6.42 Å². The van der Waals surface area contributed by atoms with E-state index in [1.165, 1.54) is 12.1 Å². The van der Waals surface area contributed by atoms with Crippen LogP contribution in [0.25, 0.3) is 0 Å². The molecule has 0 radical (unpaired) electrons. The van der Waals surface area contributed by atoms with Crippen LogP contribution < -0.4 is 20.1 Å². The quantitative estimate of drug-likeness (QED) is 0.721. The maximum absolute atomic E-state index is 12.9. The zero-order valence-electron chi connectivity index (χ0n) is 14.1. The van der Waals surface area contributed by atoms with Crippen molar-refractivity contribution in [1.82, 2.24) is 10.2 Å². The van der Waals surface area contributed by atoms with Crippen molar-refractivity contribution >= 4 is 23.2 Å². The molecule has 2 heterocycles. The fourth-order valence-corrected chi connectivity index (χ4v) is 2.56. The van der Waals surface area contributed by atoms with Gasteiger partial charge in [-0.1, -0.05) is 12.1 Å². The number of hydrogen-bond acceptors (Lipinski definition) is 6. The summed E-state index contributed by atoms with van der Waals surface area (Å²) in [5, 5.41) is 13.8. The lowest BCUT2D eigenvalue weighted by atomic mass is 10.1. The molecule has 0 fully saturated rings. The van der Waals surface area contributed by atoms with Crippen LogP contribution in [0.4, 0.5) is 21.7 Å². The Morgan fingerprint density at radius 1 is 0.963 bits per heavy atom. The van der Waals surface area contributed by atoms with Gasteiger partial charge in [0.15, 0.2) is 23.1 Å². The van der Waals surface area contributed by atoms with Crippen LogP contribution in [0, 0.1) is 5.82 Å². The first-order valence-corrected chi connectivity index (χ1v) is 8.20. The summed E-state index contributed by atoms with van der Waals surface area (Å²) in [6.45, 7) is 0.213. The number of halogens is 1. The van der Waals surface area contributed by atoms with E-state index in [9.17, 15) is 9.18 Å². The molecule has 136 valence electrons. The minimum absolute atomic E-state index is 0.124. The van der Waals surface area contributed by atoms with Crippen LogP contribution in [-0.2, 0) is 11.2 Å². The lowest BCUT2D eigenvalue weighted by Gasteiger charge is -2.07. The molecule has 2 aromatic carbocycles. The molecule has 0 aliphatic carbocycles. The van der Waals surface area contributed by atoms with Crippen LogP contribution >= 0.6 is 0 Å². The van der Waals surface area contributed by atoms with Crippen molar-refractivity contribution in [1.29, 1.82) is 0 Å². The molecule has 27 heavy (non-hydrogen) atoms. The number of carbonyl (C=O) groups excluding carboxylic acids is 1. The van der Waals surface area contributed by atoms with Crippen molar-refractivity contribution < 1.29 is 18.7 Å². The number of rotatable bonds is 5. The van der Waals surface area contributed by atoms with Crippen LogP contribution in [0.3, 0.4) is 0 Å². The molecule has 0 bridgehead atoms. The monoisotopic (exact) mass is 366 g/mol. The Bertz CT molecular complexity index is 962. The van der Waals surface area contributed by atoms with Crippen LogP contribution in [0.15, 0.2) is 54.6 Å². The van der Waals surface area contributed by atoms with Crippen LogP contribution in [0.5, 0.6) is 11.5 Å². The molecule has 0 saturated heterocycles. The molecule has 0 unspecified atom stereocenters. The van der Waals surface area contributed by atoms with Gasteiger partial charge in [-0.2, -0.15) is 0 Å². The Kier molecular flexibility index (Phi) is 4.52. The minimum atomic E-state index is -0.337. The predicted octanol–water partition coefficient (Wildman–Crippen LogP) is 3.27. The maximum Gasteiger partial charge on any atom is 0.231 e. The molecule has 2 N–H and O–H groups in total. The third kappa shape index (κ3) is 4.12. The summed E-state index contributed by atoms with van der Waals surface area (Å²) in [7, 11) is 0. The number of aromatic nitrogens is 2. The number of nitrogens with one attached hydrogen (secondary N) is 2. The summed E-state index contributed by atoms with van der Waals surface area (Å²) >= 11 is 0. The van der Waals surface area contributed by atoms with Gasteiger partial charge in [-0.05, 0) is 42.0 Å². The molecule has 1 aromatic heterocycles. The largest absolute Gasteiger partial charge is 0.454 e. The number of amides is 1. The molecule has 1 aliphatic heterocycles. The first-order chi connectivity index (χ1) is 13.2. The second-order valence-corrected chi connectivity index (χ2v) is 5.85. The van der Waals surface area contributed by atoms with E-state index in [-0.39, 0.29) is 24.9 Å². The average Bonchev–Trinajstić information content (AvgIpc) is 3.13. The highest BCUT2D eigenvalue weighted by atomic mass is 19.1. The van der Waals surface area contributed by atoms with Crippen LogP contribution in [0.2, 0.25) is 0 Å². The Morgan fingerprint density at radius 3 is 2.48 bits per heavy atom. The average molecular weight is 366 g/mol. The fourth-order valence-electron chi connectivity index (χ4n) is 2.56. The Hall–Kier alpha value is -3.68. The summed E-state index contributed by atoms with van der Waals surface area (Å²) in [4.78, 5) is 12.0. The van der Waals surface area contributed by atoms with E-state index in [1.54, 1.807) is 24.3 Å². The zero-order valence-corrected chi connectivity index (χ0v) is 14.1. The number of hydrogen-bond donors (Lipinski definition) is 2. The summed E-state index contributed by atoms with van der Waals surface area (Å²) in [6, 6.07) is 14.6. The van der Waals surface area contributed by atoms with E-state index in [1.807, 2.05) is 18.2 Å². The van der Waals surface area contributed by atoms with Crippen LogP contribution in [-0.4, -0.2) is 22.9 Å². The van der Waals surface area contributed by atoms with Crippen molar-refractivity contribution in [3.63, 3.8) is 0 Å². The van der Waals surface area contributed by atoms with Gasteiger partial charge in [-0.15, -0.1) is 10.2 Å². The molecule has 0 saturated carbocycles. The molecule has 7 nitrogen and oxygen atoms in total. The van der Waals surface area contributed by atoms with Gasteiger partial charge >= 0.3 is 0 Å². The Balaban J connectivity index is 1.35. The highest BCUT2D eigenvalue weighted by Crippen LogP contribution is 2.34. The summed E-state index contributed by atoms with van der Waals surface area (Å²) in [5.74, 6) is 1.62. The number of ether oxygens (including phenoxy) is 2. The zero-order chi connectivity index (χ0) is 18.6. The van der Waals surface area contributed by atoms with E-state index < -0.39 is 0 Å². The van der Waals surface area contributed by atoms with E-state index in [4.69, 9.17) is 9.47 Å². The first-order valence-electron chi connectivity index (χ1n) is 8.20. The minimum Gasteiger partial charge on any atom is -0.454 e. The second kappa shape index (κ2) is 7.28. The number of benzene rings is 2. The highest BCUT2D eigenvalue weighted by molar-refractivity contribution is 5.91. The normalized spacial score (nSPS) is 11.9. The van der Waals surface area contributed by atoms with Crippen molar-refractivity contribution in [3.05, 3.63) is 66.0 Å². The molecule has 3 aromatic rings. The smallest absolute Gasteiger partial charge is 0.231 e. The van der Waals surface area contributed by atoms with Crippen molar-refractivity contribution in [3.8, 4) is 11.5 Å². The van der Waals surface area contributed by atoms with Crippen molar-refractivity contribution in [2.75, 3.05) is 17.4 Å². The fraction of sp³-hybridized carbons (Fsp3) is 0.105. The highest BCUT2D eigenvalue weighted by Gasteiger charge is 2.13. The van der Waals surface area contributed by atoms with E-state index in [2.05, 4.69) is 20.8 Å². The maximum atomic E-state index is 12.9. The Labute approximate surface area is 154 Å². The summed E-state index contributed by atoms with van der Waals surface area (Å²) in [6.07, 6.45) is 0.124. The van der Waals surface area contributed by atoms with Gasteiger partial charge in [0.2, 0.25) is 12.7 Å². The third-order valence-corrected chi connectivity index (χ3v) is 3.85. The molecular formula is C19H15FN4O3. The van der Waals surface area contributed by atoms with E-state index in [0.717, 1.165) is 5.69 Å². The molecule has 8 heteroatoms. The molecule has 0 atom stereocenters. The first kappa shape index (κ1) is 16.8. The number of nitrogens with zero attached hydrogens (tertiary/aromatic N) is 2. The van der Waals surface area contributed by atoms with Gasteiger partial charge in [-0.25, -0.2) is 4.39 Å². The van der Waals surface area contributed by atoms with Gasteiger partial charge in [0.25, 0.3) is 0 Å². The van der Waals surface area contributed by atoms with E-state index >= 15 is 0 Å². The number of anilines is 3. The molecular weight excluding hydrogens is 351 g/mol. The third-order valence-electron chi connectivity index (χ3n) is 3.85. The standard InChI is InChI=1S/C19H15FN4O3/c20-13-3-1-12(2-4-13)9-19(25)22-18-8-7-17(23-24-18)21-14-5-6-15-16(10-14)27-11-26-15/h1-8,10H,9,11H2,(H,21,23)(H,22,24,25). The van der Waals surface area contributed by atoms with Gasteiger partial charge in [-0.3, -0.25) is 4.79 Å². The van der Waals surface area contributed by atoms with Gasteiger partial charge in [0, 0.05) is 11.8 Å². The molecule has 0 spiro atoms. The van der Waals surface area contributed by atoms with E-state index in [0.29, 0.717) is 28.7 Å². The summed E-state index contributed by atoms with van der Waals surface area (Å²) < 4.78 is 23.5. The van der Waals surface area contributed by atoms with Gasteiger partial charge in [0.1, 0.15) is 5.82 Å². The lowest BCUT2D eigenvalue weighted by molar-refractivity contribution is -0.115. The number of fused-ring (bicyclic) bond motifs is 1. The molecule has 1 aliphatic rings. The summed E-state index contributed by atoms with van der Waals surface area (Å²) in [5.41, 5.74) is 1.49. The topological polar surface area (TPSA) is 85.4 Å². The predicted molar refractivity (Wildman–Crippen MR) is 96.6 cm³/mol. The second-order valence-electron chi connectivity index (χ2n) is 5.85. The molecule has 1 amide bonds. The van der Waals surface area contributed by atoms with Gasteiger partial charge in [0.05, 0.1) is 6.42 Å². The van der Waals surface area contributed by atoms with Crippen LogP contribution in [0.1, 0.15) is 5.56 Å². The SMILES string of the molecule is O=C(Cc1ccc(F)cc1)Nc1ccc(Nc2ccc3c(c2)OCO3)nn1. The van der Waals surface area contributed by atoms with Crippen molar-refractivity contribution in [2.24, 2.45) is 0 Å². The number of carbonyl (C=O) groups is 1. The Morgan fingerprint density at radius 2 is 1.70 bits per heavy atom. The molecule has 4 rings (SSSR count). The van der Waals surface area contributed by atoms with Gasteiger partial charge < -0.3 is 20.1 Å².